The predicted molar refractivity (Wildman–Crippen MR) is 86.3 cm³/mol. The minimum Gasteiger partial charge on any atom is -0.304 e. The van der Waals surface area contributed by atoms with Gasteiger partial charge in [-0.2, -0.15) is 0 Å². The van der Waals surface area contributed by atoms with Crippen molar-refractivity contribution in [3.05, 3.63) is 63.9 Å². The van der Waals surface area contributed by atoms with Crippen LogP contribution in [-0.2, 0) is 6.54 Å². The van der Waals surface area contributed by atoms with Gasteiger partial charge in [0.15, 0.2) is 0 Å². The number of aromatic nitrogens is 1. The van der Waals surface area contributed by atoms with E-state index in [1.54, 1.807) is 23.5 Å². The minimum absolute atomic E-state index is 0.131. The summed E-state index contributed by atoms with van der Waals surface area (Å²) in [7, 11) is 0. The van der Waals surface area contributed by atoms with Crippen molar-refractivity contribution in [2.24, 2.45) is 0 Å². The van der Waals surface area contributed by atoms with Crippen LogP contribution in [-0.4, -0.2) is 4.98 Å². The summed E-state index contributed by atoms with van der Waals surface area (Å²) in [6.07, 6.45) is 0. The summed E-state index contributed by atoms with van der Waals surface area (Å²) in [4.78, 5) is 4.63. The van der Waals surface area contributed by atoms with Crippen LogP contribution < -0.4 is 5.32 Å². The molecule has 0 fully saturated rings. The second-order valence-electron chi connectivity index (χ2n) is 4.87. The predicted octanol–water partition coefficient (Wildman–Crippen LogP) is 4.94. The molecule has 0 aliphatic carbocycles. The quantitative estimate of drug-likeness (QED) is 0.736. The van der Waals surface area contributed by atoms with Crippen LogP contribution in [0.3, 0.4) is 0 Å². The zero-order chi connectivity index (χ0) is 14.8. The SMILES string of the molecule is CC(NCc1ccc(F)c(Cl)c1)c1nc2ccccc2s1. The molecule has 0 aliphatic rings. The van der Waals surface area contributed by atoms with Crippen LogP contribution in [0, 0.1) is 5.82 Å². The lowest BCUT2D eigenvalue weighted by Crippen LogP contribution is -2.17. The molecule has 1 unspecified atom stereocenters. The third kappa shape index (κ3) is 3.23. The number of nitrogens with zero attached hydrogens (tertiary/aromatic N) is 1. The Balaban J connectivity index is 1.70. The van der Waals surface area contributed by atoms with Crippen molar-refractivity contribution in [3.8, 4) is 0 Å². The van der Waals surface area contributed by atoms with E-state index in [4.69, 9.17) is 11.6 Å². The average Bonchev–Trinajstić information content (AvgIpc) is 2.92. The highest BCUT2D eigenvalue weighted by atomic mass is 35.5. The zero-order valence-electron chi connectivity index (χ0n) is 11.4. The monoisotopic (exact) mass is 320 g/mol. The van der Waals surface area contributed by atoms with Gasteiger partial charge in [-0.3, -0.25) is 0 Å². The largest absolute Gasteiger partial charge is 0.304 e. The van der Waals surface area contributed by atoms with Crippen molar-refractivity contribution in [2.45, 2.75) is 19.5 Å². The number of halogens is 2. The number of fused-ring (bicyclic) bond motifs is 1. The Morgan fingerprint density at radius 2 is 2.10 bits per heavy atom. The Bertz CT molecular complexity index is 739. The van der Waals surface area contributed by atoms with E-state index in [2.05, 4.69) is 23.3 Å². The van der Waals surface area contributed by atoms with Gasteiger partial charge in [0.05, 0.1) is 21.3 Å². The van der Waals surface area contributed by atoms with Crippen LogP contribution in [0.5, 0.6) is 0 Å². The fourth-order valence-corrected chi connectivity index (χ4v) is 3.28. The molecule has 0 amide bonds. The first-order chi connectivity index (χ1) is 10.1. The second-order valence-corrected chi connectivity index (χ2v) is 6.34. The maximum atomic E-state index is 13.1. The Kier molecular flexibility index (Phi) is 4.19. The fourth-order valence-electron chi connectivity index (χ4n) is 2.08. The molecule has 1 heterocycles. The average molecular weight is 321 g/mol. The molecular formula is C16H14ClFN2S. The van der Waals surface area contributed by atoms with Gasteiger partial charge in [0, 0.05) is 6.54 Å². The van der Waals surface area contributed by atoms with E-state index in [0.717, 1.165) is 16.1 Å². The Labute approximate surface area is 131 Å². The number of hydrogen-bond donors (Lipinski definition) is 1. The summed E-state index contributed by atoms with van der Waals surface area (Å²) in [5, 5.41) is 4.59. The molecular weight excluding hydrogens is 307 g/mol. The van der Waals surface area contributed by atoms with Crippen LogP contribution >= 0.6 is 22.9 Å². The summed E-state index contributed by atoms with van der Waals surface area (Å²) in [6, 6.07) is 13.0. The van der Waals surface area contributed by atoms with Crippen molar-refractivity contribution in [1.29, 1.82) is 0 Å². The van der Waals surface area contributed by atoms with E-state index in [1.807, 2.05) is 18.2 Å². The molecule has 1 aromatic heterocycles. The van der Waals surface area contributed by atoms with Gasteiger partial charge < -0.3 is 5.32 Å². The third-order valence-electron chi connectivity index (χ3n) is 3.28. The molecule has 1 atom stereocenters. The third-order valence-corrected chi connectivity index (χ3v) is 4.79. The van der Waals surface area contributed by atoms with Crippen LogP contribution in [0.25, 0.3) is 10.2 Å². The van der Waals surface area contributed by atoms with Crippen LogP contribution in [0.2, 0.25) is 5.02 Å². The molecule has 2 nitrogen and oxygen atoms in total. The molecule has 3 rings (SSSR count). The van der Waals surface area contributed by atoms with E-state index < -0.39 is 0 Å². The van der Waals surface area contributed by atoms with Crippen molar-refractivity contribution >= 4 is 33.2 Å². The van der Waals surface area contributed by atoms with Gasteiger partial charge in [-0.1, -0.05) is 29.8 Å². The van der Waals surface area contributed by atoms with E-state index in [0.29, 0.717) is 6.54 Å². The van der Waals surface area contributed by atoms with E-state index in [1.165, 1.54) is 10.8 Å². The van der Waals surface area contributed by atoms with Crippen molar-refractivity contribution in [3.63, 3.8) is 0 Å². The lowest BCUT2D eigenvalue weighted by Gasteiger charge is -2.11. The van der Waals surface area contributed by atoms with Crippen molar-refractivity contribution in [1.82, 2.24) is 10.3 Å². The molecule has 2 aromatic carbocycles. The molecule has 0 radical (unpaired) electrons. The maximum absolute atomic E-state index is 13.1. The minimum atomic E-state index is -0.389. The van der Waals surface area contributed by atoms with E-state index in [-0.39, 0.29) is 16.9 Å². The number of rotatable bonds is 4. The van der Waals surface area contributed by atoms with E-state index >= 15 is 0 Å². The van der Waals surface area contributed by atoms with Gasteiger partial charge in [0.1, 0.15) is 10.8 Å². The maximum Gasteiger partial charge on any atom is 0.141 e. The molecule has 0 aliphatic heterocycles. The Morgan fingerprint density at radius 3 is 2.86 bits per heavy atom. The summed E-state index contributed by atoms with van der Waals surface area (Å²) < 4.78 is 14.3. The number of para-hydroxylation sites is 1. The summed E-state index contributed by atoms with van der Waals surface area (Å²) >= 11 is 7.47. The Hall–Kier alpha value is -1.49. The molecule has 0 spiro atoms. The summed E-state index contributed by atoms with van der Waals surface area (Å²) in [5.74, 6) is -0.389. The molecule has 0 bridgehead atoms. The normalized spacial score (nSPS) is 12.7. The fraction of sp³-hybridized carbons (Fsp3) is 0.188. The van der Waals surface area contributed by atoms with Crippen LogP contribution in [0.15, 0.2) is 42.5 Å². The van der Waals surface area contributed by atoms with Gasteiger partial charge in [0.25, 0.3) is 0 Å². The topological polar surface area (TPSA) is 24.9 Å². The molecule has 108 valence electrons. The molecule has 0 saturated carbocycles. The first kappa shape index (κ1) is 14.4. The van der Waals surface area contributed by atoms with Gasteiger partial charge in [-0.05, 0) is 36.8 Å². The summed E-state index contributed by atoms with van der Waals surface area (Å²) in [5.41, 5.74) is 1.98. The lowest BCUT2D eigenvalue weighted by molar-refractivity contribution is 0.571. The zero-order valence-corrected chi connectivity index (χ0v) is 13.0. The smallest absolute Gasteiger partial charge is 0.141 e. The molecule has 1 N–H and O–H groups in total. The van der Waals surface area contributed by atoms with Crippen LogP contribution in [0.1, 0.15) is 23.5 Å². The Morgan fingerprint density at radius 1 is 1.29 bits per heavy atom. The highest BCUT2D eigenvalue weighted by molar-refractivity contribution is 7.18. The molecule has 0 saturated heterocycles. The number of nitrogens with one attached hydrogen (secondary N) is 1. The number of hydrogen-bond acceptors (Lipinski definition) is 3. The number of benzene rings is 2. The molecule has 3 aromatic rings. The van der Waals surface area contributed by atoms with Gasteiger partial charge in [-0.25, -0.2) is 9.37 Å². The van der Waals surface area contributed by atoms with Gasteiger partial charge in [0.2, 0.25) is 0 Å². The lowest BCUT2D eigenvalue weighted by atomic mass is 10.2. The van der Waals surface area contributed by atoms with Crippen molar-refractivity contribution in [2.75, 3.05) is 0 Å². The highest BCUT2D eigenvalue weighted by Gasteiger charge is 2.11. The van der Waals surface area contributed by atoms with Crippen LogP contribution in [0.4, 0.5) is 4.39 Å². The highest BCUT2D eigenvalue weighted by Crippen LogP contribution is 2.26. The second kappa shape index (κ2) is 6.10. The first-order valence-electron chi connectivity index (χ1n) is 6.66. The van der Waals surface area contributed by atoms with Gasteiger partial charge >= 0.3 is 0 Å². The number of thiazole rings is 1. The first-order valence-corrected chi connectivity index (χ1v) is 7.86. The van der Waals surface area contributed by atoms with Gasteiger partial charge in [-0.15, -0.1) is 11.3 Å². The molecule has 21 heavy (non-hydrogen) atoms. The standard InChI is InChI=1S/C16H14ClFN2S/c1-10(16-20-14-4-2-3-5-15(14)21-16)19-9-11-6-7-13(18)12(17)8-11/h2-8,10,19H,9H2,1H3. The van der Waals surface area contributed by atoms with E-state index in [9.17, 15) is 4.39 Å². The summed E-state index contributed by atoms with van der Waals surface area (Å²) in [6.45, 7) is 2.69. The molecule has 5 heteroatoms. The van der Waals surface area contributed by atoms with Crippen molar-refractivity contribution < 1.29 is 4.39 Å².